The van der Waals surface area contributed by atoms with Gasteiger partial charge in [0.15, 0.2) is 0 Å². The van der Waals surface area contributed by atoms with E-state index in [1.165, 1.54) is 0 Å². The molecule has 0 N–H and O–H groups in total. The van der Waals surface area contributed by atoms with Crippen LogP contribution in [0.4, 0.5) is 0 Å². The molecule has 1 aliphatic carbocycles. The maximum atomic E-state index is 12.3. The van der Waals surface area contributed by atoms with Gasteiger partial charge in [-0.3, -0.25) is 4.79 Å². The van der Waals surface area contributed by atoms with Gasteiger partial charge >= 0.3 is 5.97 Å². The molecule has 1 atom stereocenters. The number of carbonyl (C=O) groups excluding carboxylic acids is 1. The van der Waals surface area contributed by atoms with Gasteiger partial charge in [-0.25, -0.2) is 0 Å². The summed E-state index contributed by atoms with van der Waals surface area (Å²) in [4.78, 5) is 12.3. The van der Waals surface area contributed by atoms with Crippen molar-refractivity contribution in [3.8, 4) is 0 Å². The molecule has 0 aromatic heterocycles. The minimum atomic E-state index is -0.223. The zero-order valence-corrected chi connectivity index (χ0v) is 12.4. The molecule has 0 aromatic carbocycles. The standard InChI is InChI=1S/C15H28O2/c1-7-8-9-17-12(16)15(10-13(2,3)4)11-14(15,5)6/h7-11H2,1-6H3. The normalized spacial score (nSPS) is 26.7. The van der Waals surface area contributed by atoms with Crippen molar-refractivity contribution >= 4 is 5.97 Å². The third kappa shape index (κ3) is 3.23. The van der Waals surface area contributed by atoms with Crippen molar-refractivity contribution in [3.63, 3.8) is 0 Å². The Hall–Kier alpha value is -0.530. The lowest BCUT2D eigenvalue weighted by molar-refractivity contribution is -0.153. The second-order valence-corrected chi connectivity index (χ2v) is 7.37. The summed E-state index contributed by atoms with van der Waals surface area (Å²) in [6.07, 6.45) is 3.95. The first kappa shape index (κ1) is 14.5. The molecule has 1 saturated carbocycles. The molecule has 0 amide bonds. The average molecular weight is 240 g/mol. The molecular formula is C15H28O2. The number of ether oxygens (including phenoxy) is 1. The van der Waals surface area contributed by atoms with Gasteiger partial charge in [-0.2, -0.15) is 0 Å². The van der Waals surface area contributed by atoms with Crippen molar-refractivity contribution in [3.05, 3.63) is 0 Å². The van der Waals surface area contributed by atoms with Crippen LogP contribution in [0.15, 0.2) is 0 Å². The van der Waals surface area contributed by atoms with Crippen LogP contribution < -0.4 is 0 Å². The van der Waals surface area contributed by atoms with Crippen LogP contribution in [0.2, 0.25) is 0 Å². The molecule has 2 heteroatoms. The highest BCUT2D eigenvalue weighted by Crippen LogP contribution is 2.68. The Morgan fingerprint density at radius 1 is 1.29 bits per heavy atom. The molecule has 0 aromatic rings. The Morgan fingerprint density at radius 2 is 1.82 bits per heavy atom. The highest BCUT2D eigenvalue weighted by Gasteiger charge is 2.67. The first-order valence-corrected chi connectivity index (χ1v) is 6.82. The summed E-state index contributed by atoms with van der Waals surface area (Å²) in [7, 11) is 0. The highest BCUT2D eigenvalue weighted by atomic mass is 16.5. The molecular weight excluding hydrogens is 212 g/mol. The van der Waals surface area contributed by atoms with Gasteiger partial charge in [0.1, 0.15) is 0 Å². The monoisotopic (exact) mass is 240 g/mol. The van der Waals surface area contributed by atoms with E-state index in [9.17, 15) is 4.79 Å². The van der Waals surface area contributed by atoms with E-state index in [4.69, 9.17) is 4.74 Å². The topological polar surface area (TPSA) is 26.3 Å². The fourth-order valence-corrected chi connectivity index (χ4v) is 2.79. The molecule has 0 spiro atoms. The molecule has 100 valence electrons. The molecule has 0 saturated heterocycles. The van der Waals surface area contributed by atoms with Crippen molar-refractivity contribution < 1.29 is 9.53 Å². The van der Waals surface area contributed by atoms with Crippen LogP contribution in [0.3, 0.4) is 0 Å². The lowest BCUT2D eigenvalue weighted by Crippen LogP contribution is -2.29. The second kappa shape index (κ2) is 4.62. The third-order valence-electron chi connectivity index (χ3n) is 3.87. The zero-order valence-electron chi connectivity index (χ0n) is 12.4. The summed E-state index contributed by atoms with van der Waals surface area (Å²) in [6, 6.07) is 0. The van der Waals surface area contributed by atoms with E-state index < -0.39 is 0 Å². The second-order valence-electron chi connectivity index (χ2n) is 7.37. The quantitative estimate of drug-likeness (QED) is 0.532. The lowest BCUT2D eigenvalue weighted by Gasteiger charge is -2.27. The first-order chi connectivity index (χ1) is 7.65. The van der Waals surface area contributed by atoms with E-state index in [-0.39, 0.29) is 22.2 Å². The van der Waals surface area contributed by atoms with Gasteiger partial charge in [-0.15, -0.1) is 0 Å². The Morgan fingerprint density at radius 3 is 2.18 bits per heavy atom. The summed E-state index contributed by atoms with van der Waals surface area (Å²) in [6.45, 7) is 13.6. The van der Waals surface area contributed by atoms with E-state index in [0.717, 1.165) is 25.7 Å². The average Bonchev–Trinajstić information content (AvgIpc) is 2.66. The largest absolute Gasteiger partial charge is 0.465 e. The van der Waals surface area contributed by atoms with Gasteiger partial charge in [0.25, 0.3) is 0 Å². The number of carbonyl (C=O) groups is 1. The summed E-state index contributed by atoms with van der Waals surface area (Å²) in [5, 5.41) is 0. The van der Waals surface area contributed by atoms with Crippen LogP contribution in [0.1, 0.15) is 67.2 Å². The maximum Gasteiger partial charge on any atom is 0.312 e. The van der Waals surface area contributed by atoms with Gasteiger partial charge in [0, 0.05) is 0 Å². The van der Waals surface area contributed by atoms with Crippen LogP contribution in [0.25, 0.3) is 0 Å². The number of rotatable bonds is 5. The molecule has 2 nitrogen and oxygen atoms in total. The van der Waals surface area contributed by atoms with Crippen molar-refractivity contribution in [1.29, 1.82) is 0 Å². The van der Waals surface area contributed by atoms with Crippen molar-refractivity contribution in [2.24, 2.45) is 16.2 Å². The fourth-order valence-electron chi connectivity index (χ4n) is 2.79. The van der Waals surface area contributed by atoms with Gasteiger partial charge in [-0.1, -0.05) is 48.0 Å². The summed E-state index contributed by atoms with van der Waals surface area (Å²) >= 11 is 0. The number of unbranched alkanes of at least 4 members (excludes halogenated alkanes) is 1. The molecule has 0 bridgehead atoms. The maximum absolute atomic E-state index is 12.3. The molecule has 1 unspecified atom stereocenters. The van der Waals surface area contributed by atoms with Crippen LogP contribution in [0.5, 0.6) is 0 Å². The van der Waals surface area contributed by atoms with Gasteiger partial charge in [-0.05, 0) is 30.1 Å². The minimum absolute atomic E-state index is 0.0332. The Kier molecular flexibility index (Phi) is 3.95. The molecule has 0 aliphatic heterocycles. The van der Waals surface area contributed by atoms with Gasteiger partial charge < -0.3 is 4.74 Å². The third-order valence-corrected chi connectivity index (χ3v) is 3.87. The molecule has 0 heterocycles. The van der Waals surface area contributed by atoms with Crippen LogP contribution >= 0.6 is 0 Å². The Balaban J connectivity index is 2.65. The van der Waals surface area contributed by atoms with Crippen LogP contribution in [-0.2, 0) is 9.53 Å². The van der Waals surface area contributed by atoms with E-state index in [0.29, 0.717) is 6.61 Å². The molecule has 17 heavy (non-hydrogen) atoms. The number of hydrogen-bond donors (Lipinski definition) is 0. The predicted octanol–water partition coefficient (Wildman–Crippen LogP) is 4.18. The van der Waals surface area contributed by atoms with Crippen LogP contribution in [0, 0.1) is 16.2 Å². The van der Waals surface area contributed by atoms with E-state index >= 15 is 0 Å². The SMILES string of the molecule is CCCCOC(=O)C1(CC(C)(C)C)CC1(C)C. The van der Waals surface area contributed by atoms with Crippen LogP contribution in [-0.4, -0.2) is 12.6 Å². The highest BCUT2D eigenvalue weighted by molar-refractivity contribution is 5.81. The molecule has 0 radical (unpaired) electrons. The lowest BCUT2D eigenvalue weighted by atomic mass is 9.79. The zero-order chi connectivity index (χ0) is 13.3. The number of esters is 1. The predicted molar refractivity (Wildman–Crippen MR) is 70.8 cm³/mol. The molecule has 1 rings (SSSR count). The molecule has 1 aliphatic rings. The van der Waals surface area contributed by atoms with Gasteiger partial charge in [0.05, 0.1) is 12.0 Å². The Labute approximate surface area is 106 Å². The van der Waals surface area contributed by atoms with E-state index in [1.54, 1.807) is 0 Å². The fraction of sp³-hybridized carbons (Fsp3) is 0.933. The van der Waals surface area contributed by atoms with E-state index in [1.807, 2.05) is 0 Å². The summed E-state index contributed by atoms with van der Waals surface area (Å²) in [5.41, 5.74) is 0.0696. The first-order valence-electron chi connectivity index (χ1n) is 6.82. The van der Waals surface area contributed by atoms with Gasteiger partial charge in [0.2, 0.25) is 0 Å². The number of hydrogen-bond acceptors (Lipinski definition) is 2. The van der Waals surface area contributed by atoms with Crippen molar-refractivity contribution in [2.75, 3.05) is 6.61 Å². The minimum Gasteiger partial charge on any atom is -0.465 e. The van der Waals surface area contributed by atoms with E-state index in [2.05, 4.69) is 41.5 Å². The smallest absolute Gasteiger partial charge is 0.312 e. The van der Waals surface area contributed by atoms with Crippen molar-refractivity contribution in [2.45, 2.75) is 67.2 Å². The summed E-state index contributed by atoms with van der Waals surface area (Å²) in [5.74, 6) is 0.0332. The summed E-state index contributed by atoms with van der Waals surface area (Å²) < 4.78 is 5.45. The van der Waals surface area contributed by atoms with Crippen molar-refractivity contribution in [1.82, 2.24) is 0 Å². The Bertz CT molecular complexity index is 286. The molecule has 1 fully saturated rings.